The van der Waals surface area contributed by atoms with Gasteiger partial charge in [0.1, 0.15) is 0 Å². The van der Waals surface area contributed by atoms with Crippen LogP contribution in [0.5, 0.6) is 0 Å². The third kappa shape index (κ3) is 4.23. The summed E-state index contributed by atoms with van der Waals surface area (Å²) in [5.74, 6) is 0. The lowest BCUT2D eigenvalue weighted by Gasteiger charge is -2.30. The van der Waals surface area contributed by atoms with Crippen LogP contribution in [0.1, 0.15) is 26.3 Å². The molecule has 8 heteroatoms. The van der Waals surface area contributed by atoms with Crippen LogP contribution >= 0.6 is 0 Å². The van der Waals surface area contributed by atoms with E-state index in [0.717, 1.165) is 0 Å². The first-order valence-electron chi connectivity index (χ1n) is 6.46. The van der Waals surface area contributed by atoms with Crippen molar-refractivity contribution in [1.82, 2.24) is 4.72 Å². The van der Waals surface area contributed by atoms with Gasteiger partial charge in [-0.3, -0.25) is 10.1 Å². The fourth-order valence-corrected chi connectivity index (χ4v) is 3.56. The van der Waals surface area contributed by atoms with E-state index in [0.29, 0.717) is 5.56 Å². The Hall–Kier alpha value is -1.51. The fourth-order valence-electron chi connectivity index (χ4n) is 1.88. The number of aryl methyl sites for hydroxylation is 1. The Kier molecular flexibility index (Phi) is 5.08. The van der Waals surface area contributed by atoms with E-state index >= 15 is 0 Å². The van der Waals surface area contributed by atoms with Gasteiger partial charge in [-0.25, -0.2) is 13.1 Å². The van der Waals surface area contributed by atoms with Crippen molar-refractivity contribution in [2.24, 2.45) is 11.1 Å². The van der Waals surface area contributed by atoms with Gasteiger partial charge in [0.2, 0.25) is 10.0 Å². The van der Waals surface area contributed by atoms with Gasteiger partial charge in [-0.05, 0) is 24.0 Å². The number of benzene rings is 1. The second-order valence-corrected chi connectivity index (χ2v) is 7.66. The summed E-state index contributed by atoms with van der Waals surface area (Å²) >= 11 is 0. The number of rotatable bonds is 5. The lowest BCUT2D eigenvalue weighted by atomic mass is 9.88. The Morgan fingerprint density at radius 3 is 2.33 bits per heavy atom. The molecule has 0 saturated heterocycles. The SMILES string of the molecule is Cc1cc([N+](=O)[O-])ccc1S(=O)(=O)NC(CN)C(C)(C)C. The average Bonchev–Trinajstić information content (AvgIpc) is 2.34. The molecule has 3 N–H and O–H groups in total. The lowest BCUT2D eigenvalue weighted by Crippen LogP contribution is -2.48. The number of hydrogen-bond acceptors (Lipinski definition) is 5. The van der Waals surface area contributed by atoms with Crippen molar-refractivity contribution in [1.29, 1.82) is 0 Å². The Labute approximate surface area is 124 Å². The van der Waals surface area contributed by atoms with E-state index in [9.17, 15) is 18.5 Å². The molecule has 0 aliphatic carbocycles. The number of nitrogens with zero attached hydrogens (tertiary/aromatic N) is 1. The van der Waals surface area contributed by atoms with E-state index in [1.165, 1.54) is 25.1 Å². The first-order chi connectivity index (χ1) is 9.49. The number of nitro groups is 1. The minimum Gasteiger partial charge on any atom is -0.329 e. The quantitative estimate of drug-likeness (QED) is 0.632. The molecule has 0 bridgehead atoms. The highest BCUT2D eigenvalue weighted by molar-refractivity contribution is 7.89. The number of nitrogens with two attached hydrogens (primary N) is 1. The van der Waals surface area contributed by atoms with Gasteiger partial charge in [0.05, 0.1) is 9.82 Å². The summed E-state index contributed by atoms with van der Waals surface area (Å²) in [7, 11) is -3.78. The molecule has 0 heterocycles. The Morgan fingerprint density at radius 1 is 1.38 bits per heavy atom. The summed E-state index contributed by atoms with van der Waals surface area (Å²) in [6.45, 7) is 7.34. The maximum Gasteiger partial charge on any atom is 0.269 e. The van der Waals surface area contributed by atoms with Gasteiger partial charge < -0.3 is 5.73 Å². The van der Waals surface area contributed by atoms with Crippen LogP contribution in [0.4, 0.5) is 5.69 Å². The van der Waals surface area contributed by atoms with Crippen LogP contribution in [0.2, 0.25) is 0 Å². The van der Waals surface area contributed by atoms with Crippen molar-refractivity contribution in [2.75, 3.05) is 6.54 Å². The van der Waals surface area contributed by atoms with Crippen LogP contribution in [0.3, 0.4) is 0 Å². The maximum absolute atomic E-state index is 12.4. The van der Waals surface area contributed by atoms with E-state index in [-0.39, 0.29) is 22.5 Å². The van der Waals surface area contributed by atoms with Crippen LogP contribution in [-0.2, 0) is 10.0 Å². The summed E-state index contributed by atoms with van der Waals surface area (Å²) in [4.78, 5) is 10.2. The van der Waals surface area contributed by atoms with Crippen molar-refractivity contribution < 1.29 is 13.3 Å². The van der Waals surface area contributed by atoms with Crippen LogP contribution in [0, 0.1) is 22.5 Å². The Bertz CT molecular complexity index is 635. The Balaban J connectivity index is 3.17. The molecule has 1 aromatic rings. The van der Waals surface area contributed by atoms with Crippen LogP contribution in [0.25, 0.3) is 0 Å². The summed E-state index contributed by atoms with van der Waals surface area (Å²) in [6.07, 6.45) is 0. The number of nitrogens with one attached hydrogen (secondary N) is 1. The summed E-state index contributed by atoms with van der Waals surface area (Å²) in [6, 6.07) is 3.22. The van der Waals surface area contributed by atoms with Crippen molar-refractivity contribution in [3.8, 4) is 0 Å². The molecule has 1 atom stereocenters. The first kappa shape index (κ1) is 17.5. The molecule has 0 aromatic heterocycles. The highest BCUT2D eigenvalue weighted by atomic mass is 32.2. The van der Waals surface area contributed by atoms with Gasteiger partial charge >= 0.3 is 0 Å². The number of nitro benzene ring substituents is 1. The van der Waals surface area contributed by atoms with Gasteiger partial charge in [0.25, 0.3) is 5.69 Å². The van der Waals surface area contributed by atoms with Gasteiger partial charge in [-0.2, -0.15) is 0 Å². The summed E-state index contributed by atoms with van der Waals surface area (Å²) < 4.78 is 27.4. The van der Waals surface area contributed by atoms with Crippen molar-refractivity contribution >= 4 is 15.7 Å². The molecule has 0 aliphatic rings. The standard InChI is InChI=1S/C13H21N3O4S/c1-9-7-10(16(17)18)5-6-11(9)21(19,20)15-12(8-14)13(2,3)4/h5-7,12,15H,8,14H2,1-4H3. The number of hydrogen-bond donors (Lipinski definition) is 2. The Morgan fingerprint density at radius 2 is 1.95 bits per heavy atom. The van der Waals surface area contributed by atoms with Crippen LogP contribution < -0.4 is 10.5 Å². The predicted molar refractivity (Wildman–Crippen MR) is 80.5 cm³/mol. The van der Waals surface area contributed by atoms with E-state index in [4.69, 9.17) is 5.73 Å². The minimum absolute atomic E-state index is 0.0239. The molecule has 7 nitrogen and oxygen atoms in total. The molecule has 118 valence electrons. The van der Waals surface area contributed by atoms with Crippen LogP contribution in [-0.4, -0.2) is 25.9 Å². The number of sulfonamides is 1. The van der Waals surface area contributed by atoms with Crippen LogP contribution in [0.15, 0.2) is 23.1 Å². The predicted octanol–water partition coefficient (Wildman–Crippen LogP) is 1.55. The molecule has 1 rings (SSSR count). The molecule has 0 amide bonds. The zero-order chi connectivity index (χ0) is 16.4. The molecule has 1 unspecified atom stereocenters. The van der Waals surface area contributed by atoms with E-state index in [1.807, 2.05) is 20.8 Å². The average molecular weight is 315 g/mol. The van der Waals surface area contributed by atoms with Gasteiger partial charge in [-0.1, -0.05) is 20.8 Å². The van der Waals surface area contributed by atoms with E-state index in [1.54, 1.807) is 0 Å². The molecular formula is C13H21N3O4S. The van der Waals surface area contributed by atoms with Crippen molar-refractivity contribution in [3.05, 3.63) is 33.9 Å². The smallest absolute Gasteiger partial charge is 0.269 e. The molecule has 21 heavy (non-hydrogen) atoms. The zero-order valence-corrected chi connectivity index (χ0v) is 13.4. The fraction of sp³-hybridized carbons (Fsp3) is 0.538. The number of non-ortho nitro benzene ring substituents is 1. The molecule has 1 aromatic carbocycles. The molecule has 0 spiro atoms. The van der Waals surface area contributed by atoms with E-state index in [2.05, 4.69) is 4.72 Å². The van der Waals surface area contributed by atoms with Gasteiger partial charge in [-0.15, -0.1) is 0 Å². The van der Waals surface area contributed by atoms with Gasteiger partial charge in [0, 0.05) is 24.7 Å². The topological polar surface area (TPSA) is 115 Å². The third-order valence-corrected chi connectivity index (χ3v) is 4.87. The van der Waals surface area contributed by atoms with E-state index < -0.39 is 21.0 Å². The second-order valence-electron chi connectivity index (χ2n) is 5.98. The molecule has 0 fully saturated rings. The third-order valence-electron chi connectivity index (χ3n) is 3.24. The summed E-state index contributed by atoms with van der Waals surface area (Å²) in [5.41, 5.74) is 5.47. The molecule has 0 radical (unpaired) electrons. The normalized spacial score (nSPS) is 14.0. The highest BCUT2D eigenvalue weighted by Crippen LogP contribution is 2.24. The van der Waals surface area contributed by atoms with Crippen molar-refractivity contribution in [3.63, 3.8) is 0 Å². The lowest BCUT2D eigenvalue weighted by molar-refractivity contribution is -0.385. The molecular weight excluding hydrogens is 294 g/mol. The maximum atomic E-state index is 12.4. The largest absolute Gasteiger partial charge is 0.329 e. The molecule has 0 aliphatic heterocycles. The van der Waals surface area contributed by atoms with Gasteiger partial charge in [0.15, 0.2) is 0 Å². The zero-order valence-electron chi connectivity index (χ0n) is 12.6. The van der Waals surface area contributed by atoms with Crippen molar-refractivity contribution in [2.45, 2.75) is 38.6 Å². The minimum atomic E-state index is -3.78. The first-order valence-corrected chi connectivity index (χ1v) is 7.95. The monoisotopic (exact) mass is 315 g/mol. The molecule has 0 saturated carbocycles. The second kappa shape index (κ2) is 6.08. The summed E-state index contributed by atoms with van der Waals surface area (Å²) in [5, 5.41) is 10.7. The highest BCUT2D eigenvalue weighted by Gasteiger charge is 2.29.